The highest BCUT2D eigenvalue weighted by molar-refractivity contribution is 5.87. The van der Waals surface area contributed by atoms with Gasteiger partial charge in [0, 0.05) is 12.6 Å². The SMILES string of the molecule is CCCN/C(=C\C(C)=O)OCC. The lowest BCUT2D eigenvalue weighted by molar-refractivity contribution is -0.112. The fraction of sp³-hybridized carbons (Fsp3) is 0.667. The van der Waals surface area contributed by atoms with E-state index in [1.165, 1.54) is 13.0 Å². The number of rotatable bonds is 6. The van der Waals surface area contributed by atoms with Crippen LogP contribution in [-0.2, 0) is 9.53 Å². The van der Waals surface area contributed by atoms with Crippen molar-refractivity contribution < 1.29 is 9.53 Å². The highest BCUT2D eigenvalue weighted by Crippen LogP contribution is 1.92. The Labute approximate surface area is 73.8 Å². The van der Waals surface area contributed by atoms with Gasteiger partial charge in [-0.2, -0.15) is 0 Å². The zero-order valence-corrected chi connectivity index (χ0v) is 8.02. The summed E-state index contributed by atoms with van der Waals surface area (Å²) in [7, 11) is 0. The van der Waals surface area contributed by atoms with Gasteiger partial charge in [0.2, 0.25) is 0 Å². The van der Waals surface area contributed by atoms with Crippen LogP contribution in [0.25, 0.3) is 0 Å². The lowest BCUT2D eigenvalue weighted by atomic mass is 10.4. The fourth-order valence-electron chi connectivity index (χ4n) is 0.732. The summed E-state index contributed by atoms with van der Waals surface area (Å²) in [6.07, 6.45) is 2.49. The van der Waals surface area contributed by atoms with Crippen molar-refractivity contribution in [3.8, 4) is 0 Å². The Bertz CT molecular complexity index is 164. The zero-order valence-electron chi connectivity index (χ0n) is 8.02. The molecule has 1 N–H and O–H groups in total. The number of carbonyl (C=O) groups is 1. The van der Waals surface area contributed by atoms with Crippen LogP contribution in [0, 0.1) is 0 Å². The number of nitrogens with one attached hydrogen (secondary N) is 1. The van der Waals surface area contributed by atoms with Crippen LogP contribution < -0.4 is 5.32 Å². The first-order valence-electron chi connectivity index (χ1n) is 4.29. The van der Waals surface area contributed by atoms with E-state index in [1.54, 1.807) is 0 Å². The molecule has 70 valence electrons. The van der Waals surface area contributed by atoms with Gasteiger partial charge in [-0.1, -0.05) is 6.92 Å². The van der Waals surface area contributed by atoms with Gasteiger partial charge in [0.15, 0.2) is 11.7 Å². The van der Waals surface area contributed by atoms with Crippen LogP contribution in [0.4, 0.5) is 0 Å². The van der Waals surface area contributed by atoms with Crippen molar-refractivity contribution in [2.45, 2.75) is 27.2 Å². The van der Waals surface area contributed by atoms with Gasteiger partial charge in [0.1, 0.15) is 0 Å². The molecular weight excluding hydrogens is 154 g/mol. The second-order valence-corrected chi connectivity index (χ2v) is 2.48. The monoisotopic (exact) mass is 171 g/mol. The van der Waals surface area contributed by atoms with Crippen molar-refractivity contribution in [2.75, 3.05) is 13.2 Å². The normalized spacial score (nSPS) is 11.1. The summed E-state index contributed by atoms with van der Waals surface area (Å²) >= 11 is 0. The Hall–Kier alpha value is -0.990. The molecule has 0 amide bonds. The molecule has 0 rings (SSSR count). The lowest BCUT2D eigenvalue weighted by Crippen LogP contribution is -2.17. The molecule has 3 nitrogen and oxygen atoms in total. The van der Waals surface area contributed by atoms with Crippen LogP contribution in [0.2, 0.25) is 0 Å². The van der Waals surface area contributed by atoms with Crippen molar-refractivity contribution >= 4 is 5.78 Å². The second kappa shape index (κ2) is 6.70. The number of carbonyl (C=O) groups excluding carboxylic acids is 1. The molecule has 0 spiro atoms. The third kappa shape index (κ3) is 5.77. The second-order valence-electron chi connectivity index (χ2n) is 2.48. The molecule has 12 heavy (non-hydrogen) atoms. The van der Waals surface area contributed by atoms with Crippen molar-refractivity contribution in [3.05, 3.63) is 12.0 Å². The fourth-order valence-corrected chi connectivity index (χ4v) is 0.732. The average Bonchev–Trinajstić information content (AvgIpc) is 2.00. The van der Waals surface area contributed by atoms with Gasteiger partial charge in [0.25, 0.3) is 0 Å². The molecule has 3 heteroatoms. The van der Waals surface area contributed by atoms with Gasteiger partial charge in [-0.05, 0) is 20.3 Å². The van der Waals surface area contributed by atoms with E-state index in [2.05, 4.69) is 12.2 Å². The van der Waals surface area contributed by atoms with Crippen LogP contribution in [0.3, 0.4) is 0 Å². The van der Waals surface area contributed by atoms with E-state index in [1.807, 2.05) is 6.92 Å². The van der Waals surface area contributed by atoms with Crippen molar-refractivity contribution in [1.82, 2.24) is 5.32 Å². The van der Waals surface area contributed by atoms with Gasteiger partial charge in [-0.15, -0.1) is 0 Å². The van der Waals surface area contributed by atoms with Gasteiger partial charge < -0.3 is 10.1 Å². The van der Waals surface area contributed by atoms with E-state index in [4.69, 9.17) is 4.74 Å². The van der Waals surface area contributed by atoms with E-state index in [9.17, 15) is 4.79 Å². The first kappa shape index (κ1) is 11.0. The maximum atomic E-state index is 10.7. The molecule has 0 aromatic heterocycles. The van der Waals surface area contributed by atoms with Crippen LogP contribution in [0.5, 0.6) is 0 Å². The molecule has 0 saturated carbocycles. The number of hydrogen-bond acceptors (Lipinski definition) is 3. The standard InChI is InChI=1S/C9H17NO2/c1-4-6-10-9(12-5-2)7-8(3)11/h7,10H,4-6H2,1-3H3/b9-7+. The van der Waals surface area contributed by atoms with E-state index < -0.39 is 0 Å². The largest absolute Gasteiger partial charge is 0.479 e. The molecule has 0 saturated heterocycles. The Kier molecular flexibility index (Phi) is 6.15. The minimum Gasteiger partial charge on any atom is -0.479 e. The van der Waals surface area contributed by atoms with E-state index in [0.717, 1.165) is 13.0 Å². The van der Waals surface area contributed by atoms with Gasteiger partial charge >= 0.3 is 0 Å². The van der Waals surface area contributed by atoms with Crippen LogP contribution in [0.1, 0.15) is 27.2 Å². The number of ether oxygens (including phenoxy) is 1. The van der Waals surface area contributed by atoms with E-state index in [0.29, 0.717) is 12.5 Å². The summed E-state index contributed by atoms with van der Waals surface area (Å²) in [4.78, 5) is 10.7. The van der Waals surface area contributed by atoms with E-state index >= 15 is 0 Å². The minimum atomic E-state index is 0.00190. The van der Waals surface area contributed by atoms with Gasteiger partial charge in [-0.25, -0.2) is 0 Å². The molecule has 0 aliphatic heterocycles. The van der Waals surface area contributed by atoms with Crippen LogP contribution >= 0.6 is 0 Å². The highest BCUT2D eigenvalue weighted by atomic mass is 16.5. The summed E-state index contributed by atoms with van der Waals surface area (Å²) in [6, 6.07) is 0. The summed E-state index contributed by atoms with van der Waals surface area (Å²) in [5.41, 5.74) is 0. The van der Waals surface area contributed by atoms with Crippen molar-refractivity contribution in [1.29, 1.82) is 0 Å². The smallest absolute Gasteiger partial charge is 0.190 e. The van der Waals surface area contributed by atoms with E-state index in [-0.39, 0.29) is 5.78 Å². The molecule has 0 unspecified atom stereocenters. The summed E-state index contributed by atoms with van der Waals surface area (Å²) in [5.74, 6) is 0.578. The molecule has 0 aliphatic rings. The van der Waals surface area contributed by atoms with Crippen molar-refractivity contribution in [2.24, 2.45) is 0 Å². The Morgan fingerprint density at radius 1 is 1.50 bits per heavy atom. The minimum absolute atomic E-state index is 0.00190. The molecule has 0 heterocycles. The molecule has 0 bridgehead atoms. The summed E-state index contributed by atoms with van der Waals surface area (Å²) in [5, 5.41) is 3.02. The Balaban J connectivity index is 3.93. The predicted molar refractivity (Wildman–Crippen MR) is 48.7 cm³/mol. The summed E-state index contributed by atoms with van der Waals surface area (Å²) in [6.45, 7) is 6.87. The molecular formula is C9H17NO2. The zero-order chi connectivity index (χ0) is 9.40. The van der Waals surface area contributed by atoms with Crippen LogP contribution in [0.15, 0.2) is 12.0 Å². The number of hydrogen-bond donors (Lipinski definition) is 1. The van der Waals surface area contributed by atoms with Gasteiger partial charge in [0.05, 0.1) is 6.61 Å². The molecule has 0 aliphatic carbocycles. The number of allylic oxidation sites excluding steroid dienone is 1. The Morgan fingerprint density at radius 3 is 2.58 bits per heavy atom. The Morgan fingerprint density at radius 2 is 2.17 bits per heavy atom. The molecule has 0 radical (unpaired) electrons. The third-order valence-electron chi connectivity index (χ3n) is 1.18. The lowest BCUT2D eigenvalue weighted by Gasteiger charge is -2.09. The van der Waals surface area contributed by atoms with Crippen molar-refractivity contribution in [3.63, 3.8) is 0 Å². The molecule has 0 aromatic rings. The first-order chi connectivity index (χ1) is 5.70. The quantitative estimate of drug-likeness (QED) is 0.485. The van der Waals surface area contributed by atoms with Gasteiger partial charge in [-0.3, -0.25) is 4.79 Å². The average molecular weight is 171 g/mol. The summed E-state index contributed by atoms with van der Waals surface area (Å²) < 4.78 is 5.18. The highest BCUT2D eigenvalue weighted by Gasteiger charge is 1.96. The molecule has 0 aromatic carbocycles. The maximum Gasteiger partial charge on any atom is 0.190 e. The molecule has 0 atom stereocenters. The maximum absolute atomic E-state index is 10.7. The third-order valence-corrected chi connectivity index (χ3v) is 1.18. The van der Waals surface area contributed by atoms with Crippen LogP contribution in [-0.4, -0.2) is 18.9 Å². The molecule has 0 fully saturated rings. The predicted octanol–water partition coefficient (Wildman–Crippen LogP) is 1.45. The number of ketones is 1. The topological polar surface area (TPSA) is 38.3 Å². The first-order valence-corrected chi connectivity index (χ1v) is 4.29.